The molecule has 0 radical (unpaired) electrons. The van der Waals surface area contributed by atoms with E-state index in [9.17, 15) is 13.2 Å². The first-order valence-corrected chi connectivity index (χ1v) is 12.2. The summed E-state index contributed by atoms with van der Waals surface area (Å²) in [4.78, 5) is 13.1. The van der Waals surface area contributed by atoms with Gasteiger partial charge in [-0.15, -0.1) is 0 Å². The SMILES string of the molecule is COc1cccc(CN(C(=O)c2ccc(Cn3nc(C)c(Br)c3C)o2)S(C)(=O)=O)c1OC. The molecule has 1 amide bonds. The highest BCUT2D eigenvalue weighted by Gasteiger charge is 2.29. The van der Waals surface area contributed by atoms with Gasteiger partial charge in [0.05, 0.1) is 49.4 Å². The summed E-state index contributed by atoms with van der Waals surface area (Å²) in [5.41, 5.74) is 2.22. The van der Waals surface area contributed by atoms with Crippen molar-refractivity contribution in [2.45, 2.75) is 26.9 Å². The van der Waals surface area contributed by atoms with Gasteiger partial charge in [-0.3, -0.25) is 9.48 Å². The van der Waals surface area contributed by atoms with Crippen molar-refractivity contribution in [2.75, 3.05) is 20.5 Å². The summed E-state index contributed by atoms with van der Waals surface area (Å²) in [7, 11) is -0.982. The lowest BCUT2D eigenvalue weighted by Crippen LogP contribution is -2.35. The Hall–Kier alpha value is -2.79. The number of rotatable bonds is 8. The standard InChI is InChI=1S/C21H24BrN3O6S/c1-13-19(22)14(2)24(23-13)12-16-9-10-18(31-16)21(26)25(32(5,27)28)11-15-7-6-8-17(29-3)20(15)30-4/h6-10H,11-12H2,1-5H3. The Balaban J connectivity index is 1.89. The first kappa shape index (κ1) is 23.9. The summed E-state index contributed by atoms with van der Waals surface area (Å²) in [5.74, 6) is 0.388. The predicted molar refractivity (Wildman–Crippen MR) is 121 cm³/mol. The van der Waals surface area contributed by atoms with Crippen molar-refractivity contribution < 1.29 is 27.1 Å². The summed E-state index contributed by atoms with van der Waals surface area (Å²) in [6.07, 6.45) is 0.967. The van der Waals surface area contributed by atoms with Crippen molar-refractivity contribution in [1.29, 1.82) is 0 Å². The second kappa shape index (κ2) is 9.37. The Kier molecular flexibility index (Phi) is 6.99. The van der Waals surface area contributed by atoms with Crippen molar-refractivity contribution in [3.63, 3.8) is 0 Å². The monoisotopic (exact) mass is 525 g/mol. The van der Waals surface area contributed by atoms with Crippen LogP contribution in [0.15, 0.2) is 39.2 Å². The van der Waals surface area contributed by atoms with Gasteiger partial charge in [-0.25, -0.2) is 12.7 Å². The smallest absolute Gasteiger partial charge is 0.303 e. The molecule has 11 heteroatoms. The molecule has 0 aliphatic rings. The zero-order valence-electron chi connectivity index (χ0n) is 18.4. The van der Waals surface area contributed by atoms with Crippen LogP contribution in [0.5, 0.6) is 11.5 Å². The van der Waals surface area contributed by atoms with Crippen LogP contribution >= 0.6 is 15.9 Å². The van der Waals surface area contributed by atoms with Gasteiger partial charge in [0.15, 0.2) is 17.3 Å². The number of ether oxygens (including phenoxy) is 2. The van der Waals surface area contributed by atoms with Crippen LogP contribution in [0, 0.1) is 13.8 Å². The third kappa shape index (κ3) is 4.83. The van der Waals surface area contributed by atoms with Crippen LogP contribution < -0.4 is 9.47 Å². The van der Waals surface area contributed by atoms with E-state index in [4.69, 9.17) is 13.9 Å². The maximum Gasteiger partial charge on any atom is 0.303 e. The summed E-state index contributed by atoms with van der Waals surface area (Å²) >= 11 is 3.48. The Bertz CT molecular complexity index is 1250. The minimum absolute atomic E-state index is 0.0899. The summed E-state index contributed by atoms with van der Waals surface area (Å²) < 4.78 is 44.6. The highest BCUT2D eigenvalue weighted by Crippen LogP contribution is 2.32. The van der Waals surface area contributed by atoms with Gasteiger partial charge in [-0.05, 0) is 48.0 Å². The number of methoxy groups -OCH3 is 2. The number of sulfonamides is 1. The van der Waals surface area contributed by atoms with Gasteiger partial charge in [-0.2, -0.15) is 5.10 Å². The van der Waals surface area contributed by atoms with Crippen molar-refractivity contribution in [3.05, 3.63) is 63.3 Å². The van der Waals surface area contributed by atoms with Crippen LogP contribution in [0.2, 0.25) is 0 Å². The normalized spacial score (nSPS) is 11.4. The van der Waals surface area contributed by atoms with Crippen molar-refractivity contribution in [1.82, 2.24) is 14.1 Å². The second-order valence-corrected chi connectivity index (χ2v) is 9.84. The second-order valence-electron chi connectivity index (χ2n) is 7.14. The third-order valence-corrected chi connectivity index (χ3v) is 7.14. The largest absolute Gasteiger partial charge is 0.493 e. The molecule has 0 aliphatic heterocycles. The van der Waals surface area contributed by atoms with Gasteiger partial charge < -0.3 is 13.9 Å². The minimum Gasteiger partial charge on any atom is -0.493 e. The molecule has 0 fully saturated rings. The third-order valence-electron chi connectivity index (χ3n) is 4.90. The highest BCUT2D eigenvalue weighted by molar-refractivity contribution is 9.10. The van der Waals surface area contributed by atoms with E-state index in [-0.39, 0.29) is 12.3 Å². The molecule has 2 heterocycles. The maximum atomic E-state index is 13.1. The number of aryl methyl sites for hydroxylation is 1. The van der Waals surface area contributed by atoms with E-state index in [1.54, 1.807) is 28.9 Å². The molecule has 3 aromatic rings. The molecular weight excluding hydrogens is 502 g/mol. The Morgan fingerprint density at radius 2 is 1.91 bits per heavy atom. The number of halogens is 1. The molecule has 3 rings (SSSR count). The van der Waals surface area contributed by atoms with E-state index < -0.39 is 15.9 Å². The van der Waals surface area contributed by atoms with Crippen LogP contribution in [-0.2, 0) is 23.1 Å². The number of benzene rings is 1. The number of carbonyl (C=O) groups is 1. The Labute approximate surface area is 195 Å². The summed E-state index contributed by atoms with van der Waals surface area (Å²) in [5, 5.41) is 4.42. The fourth-order valence-corrected chi connectivity index (χ4v) is 4.30. The molecule has 172 valence electrons. The average molecular weight is 526 g/mol. The van der Waals surface area contributed by atoms with E-state index in [2.05, 4.69) is 21.0 Å². The molecule has 2 aromatic heterocycles. The van der Waals surface area contributed by atoms with Gasteiger partial charge >= 0.3 is 5.91 Å². The Morgan fingerprint density at radius 1 is 1.19 bits per heavy atom. The molecule has 0 unspecified atom stereocenters. The van der Waals surface area contributed by atoms with Gasteiger partial charge in [0.2, 0.25) is 10.0 Å². The molecule has 0 saturated carbocycles. The van der Waals surface area contributed by atoms with Gasteiger partial charge in [0, 0.05) is 5.56 Å². The maximum absolute atomic E-state index is 13.1. The van der Waals surface area contributed by atoms with Crippen LogP contribution in [0.25, 0.3) is 0 Å². The highest BCUT2D eigenvalue weighted by atomic mass is 79.9. The zero-order chi connectivity index (χ0) is 23.6. The lowest BCUT2D eigenvalue weighted by Gasteiger charge is -2.21. The lowest BCUT2D eigenvalue weighted by molar-refractivity contribution is 0.0822. The average Bonchev–Trinajstić information content (AvgIpc) is 3.31. The molecule has 9 nitrogen and oxygen atoms in total. The number of carbonyl (C=O) groups excluding carboxylic acids is 1. The van der Waals surface area contributed by atoms with Crippen molar-refractivity contribution in [2.24, 2.45) is 0 Å². The number of amides is 1. The number of aromatic nitrogens is 2. The van der Waals surface area contributed by atoms with Crippen LogP contribution in [0.3, 0.4) is 0 Å². The summed E-state index contributed by atoms with van der Waals surface area (Å²) in [6, 6.07) is 8.13. The zero-order valence-corrected chi connectivity index (χ0v) is 20.8. The minimum atomic E-state index is -3.91. The summed E-state index contributed by atoms with van der Waals surface area (Å²) in [6.45, 7) is 3.85. The van der Waals surface area contributed by atoms with Gasteiger partial charge in [0.25, 0.3) is 0 Å². The van der Waals surface area contributed by atoms with E-state index in [1.807, 2.05) is 13.8 Å². The first-order valence-electron chi connectivity index (χ1n) is 9.57. The van der Waals surface area contributed by atoms with Gasteiger partial charge in [-0.1, -0.05) is 12.1 Å². The number of para-hydroxylation sites is 1. The molecular formula is C21H24BrN3O6S. The van der Waals surface area contributed by atoms with E-state index in [0.29, 0.717) is 29.4 Å². The molecule has 0 spiro atoms. The first-order chi connectivity index (χ1) is 15.1. The number of nitrogens with zero attached hydrogens (tertiary/aromatic N) is 3. The number of furan rings is 1. The van der Waals surface area contributed by atoms with E-state index in [1.165, 1.54) is 20.3 Å². The van der Waals surface area contributed by atoms with Crippen molar-refractivity contribution >= 4 is 31.9 Å². The van der Waals surface area contributed by atoms with E-state index >= 15 is 0 Å². The fraction of sp³-hybridized carbons (Fsp3) is 0.333. The molecule has 0 bridgehead atoms. The molecule has 0 atom stereocenters. The molecule has 0 N–H and O–H groups in total. The van der Waals surface area contributed by atoms with Crippen molar-refractivity contribution in [3.8, 4) is 11.5 Å². The van der Waals surface area contributed by atoms with Crippen LogP contribution in [-0.4, -0.2) is 48.9 Å². The molecule has 1 aromatic carbocycles. The Morgan fingerprint density at radius 3 is 2.47 bits per heavy atom. The number of hydrogen-bond acceptors (Lipinski definition) is 7. The van der Waals surface area contributed by atoms with Crippen LogP contribution in [0.1, 0.15) is 33.3 Å². The van der Waals surface area contributed by atoms with E-state index in [0.717, 1.165) is 26.4 Å². The predicted octanol–water partition coefficient (Wildman–Crippen LogP) is 3.52. The molecule has 0 aliphatic carbocycles. The molecule has 0 saturated heterocycles. The number of hydrogen-bond donors (Lipinski definition) is 0. The molecule has 32 heavy (non-hydrogen) atoms. The topological polar surface area (TPSA) is 104 Å². The fourth-order valence-electron chi connectivity index (χ4n) is 3.25. The van der Waals surface area contributed by atoms with Crippen LogP contribution in [0.4, 0.5) is 0 Å². The quantitative estimate of drug-likeness (QED) is 0.443. The lowest BCUT2D eigenvalue weighted by atomic mass is 10.2. The van der Waals surface area contributed by atoms with Gasteiger partial charge in [0.1, 0.15) is 5.76 Å².